The molecule has 0 aromatic carbocycles. The number of hydrogen-bond acceptors (Lipinski definition) is 10. The molecule has 0 heterocycles. The van der Waals surface area contributed by atoms with Crippen molar-refractivity contribution >= 4 is 115 Å². The van der Waals surface area contributed by atoms with E-state index < -0.39 is 77.4 Å². The van der Waals surface area contributed by atoms with Gasteiger partial charge >= 0.3 is 188 Å². The maximum absolute atomic E-state index is 8.46. The molecule has 0 aromatic heterocycles. The van der Waals surface area contributed by atoms with Crippen molar-refractivity contribution in [3.8, 4) is 0 Å². The van der Waals surface area contributed by atoms with Crippen LogP contribution in [0.1, 0.15) is 0 Å². The summed E-state index contributed by atoms with van der Waals surface area (Å²) in [7, 11) is 0. The first-order chi connectivity index (χ1) is 7.07. The van der Waals surface area contributed by atoms with E-state index >= 15 is 0 Å². The topological polar surface area (TPSA) is 201 Å². The third-order valence-electron chi connectivity index (χ3n) is 0. The zero-order chi connectivity index (χ0) is 13.5. The second-order valence-electron chi connectivity index (χ2n) is 0.481. The van der Waals surface area contributed by atoms with Gasteiger partial charge in [-0.3, -0.25) is 0 Å². The normalized spacial score (nSPS) is 2.35. The van der Waals surface area contributed by atoms with E-state index in [-0.39, 0.29) is 70.4 Å². The summed E-state index contributed by atoms with van der Waals surface area (Å²) in [5.41, 5.74) is 0. The van der Waals surface area contributed by atoms with Crippen LogP contribution >= 0.6 is 0 Å². The fraction of sp³-hybridized carbons (Fsp3) is 0. The molecule has 0 saturated heterocycles. The molecule has 0 unspecified atom stereocenters. The number of rotatable bonds is 0. The Morgan fingerprint density at radius 3 is 0.471 bits per heavy atom. The van der Waals surface area contributed by atoms with Gasteiger partial charge in [-0.2, -0.15) is 0 Å². The first-order valence-corrected chi connectivity index (χ1v) is 7.07. The molecule has 0 amide bonds. The molecule has 17 heavy (non-hydrogen) atoms. The van der Waals surface area contributed by atoms with E-state index in [0.717, 1.165) is 0 Å². The van der Waals surface area contributed by atoms with Crippen molar-refractivity contribution < 1.29 is 72.5 Å². The van der Waals surface area contributed by atoms with Crippen molar-refractivity contribution in [1.82, 2.24) is 0 Å². The van der Waals surface area contributed by atoms with Crippen LogP contribution in [0.3, 0.4) is 0 Å². The van der Waals surface area contributed by atoms with Crippen LogP contribution in [-0.4, -0.2) is 115 Å². The third kappa shape index (κ3) is 602. The molecule has 0 fully saturated rings. The van der Waals surface area contributed by atoms with E-state index in [4.69, 9.17) is 39.8 Å². The Morgan fingerprint density at radius 1 is 0.471 bits per heavy atom. The maximum Gasteiger partial charge on any atom is 3.00 e. The molecule has 0 aliphatic carbocycles. The van der Waals surface area contributed by atoms with E-state index in [2.05, 4.69) is 0 Å². The van der Waals surface area contributed by atoms with Crippen LogP contribution in [0.25, 0.3) is 0 Å². The van der Waals surface area contributed by atoms with E-state index in [1.165, 1.54) is 0 Å². The van der Waals surface area contributed by atoms with Crippen LogP contribution in [0, 0.1) is 0 Å². The van der Waals surface area contributed by atoms with Gasteiger partial charge in [0.1, 0.15) is 0 Å². The monoisotopic (exact) mass is 424 g/mol. The second kappa shape index (κ2) is 96.0. The first-order valence-electron chi connectivity index (χ1n) is 2.36. The zero-order valence-corrected chi connectivity index (χ0v) is 19.1. The van der Waals surface area contributed by atoms with Gasteiger partial charge in [-0.1, -0.05) is 0 Å². The SMILES string of the molecule is [Ca+2].[O]=[Al][O-].[O]=[Al][O-].[O]=[Al][O-].[O]=[Al][O-].[O]=[Al][O-].[Y+3]. The van der Waals surface area contributed by atoms with Gasteiger partial charge in [0, 0.05) is 0 Å². The average molecular weight is 424 g/mol. The summed E-state index contributed by atoms with van der Waals surface area (Å²) in [4.78, 5) is 0. The molecule has 0 aromatic rings. The van der Waals surface area contributed by atoms with Gasteiger partial charge in [0.2, 0.25) is 0 Å². The summed E-state index contributed by atoms with van der Waals surface area (Å²) < 4.78 is 84.6. The van der Waals surface area contributed by atoms with Crippen LogP contribution in [0.4, 0.5) is 0 Å². The smallest absolute Gasteiger partial charge is 3.00 e. The van der Waals surface area contributed by atoms with E-state index in [0.29, 0.717) is 0 Å². The molecule has 0 radical (unpaired) electrons. The Hall–Kier alpha value is 3.03. The standard InChI is InChI=1S/5Al.Ca.10O.Y/q;;;;;+2;;;;;;5*-1;+3. The zero-order valence-electron chi connectivity index (χ0n) is 8.25. The minimum absolute atomic E-state index is 0. The minimum atomic E-state index is -1.75. The van der Waals surface area contributed by atoms with Crippen molar-refractivity contribution in [2.24, 2.45) is 0 Å². The van der Waals surface area contributed by atoms with Crippen molar-refractivity contribution in [1.29, 1.82) is 0 Å². The van der Waals surface area contributed by atoms with Gasteiger partial charge in [0.25, 0.3) is 0 Å². The molecule has 80 valence electrons. The van der Waals surface area contributed by atoms with E-state index in [9.17, 15) is 0 Å². The molecule has 0 N–H and O–H groups in total. The largest absolute Gasteiger partial charge is 3.00 e. The summed E-state index contributed by atoms with van der Waals surface area (Å²) in [6.07, 6.45) is 0. The van der Waals surface area contributed by atoms with Crippen molar-refractivity contribution in [2.75, 3.05) is 0 Å². The van der Waals surface area contributed by atoms with Crippen LogP contribution in [0.15, 0.2) is 0 Å². The molecule has 0 aliphatic rings. The fourth-order valence-electron chi connectivity index (χ4n) is 0. The average Bonchev–Trinajstić information content (AvgIpc) is 2.09. The summed E-state index contributed by atoms with van der Waals surface area (Å²) in [6, 6.07) is 0. The predicted octanol–water partition coefficient (Wildman–Crippen LogP) is -8.83. The summed E-state index contributed by atoms with van der Waals surface area (Å²) in [5, 5.41) is 0. The molecule has 17 heteroatoms. The fourth-order valence-corrected chi connectivity index (χ4v) is 0. The molecule has 10 nitrogen and oxygen atoms in total. The second-order valence-corrected chi connectivity index (χ2v) is 1.44. The Balaban J connectivity index is -0.0000000143. The molecular weight excluding hydrogens is 424 g/mol. The molecule has 0 aliphatic heterocycles. The van der Waals surface area contributed by atoms with Gasteiger partial charge < -0.3 is 0 Å². The quantitative estimate of drug-likeness (QED) is 0.336. The van der Waals surface area contributed by atoms with Gasteiger partial charge in [-0.25, -0.2) is 0 Å². The molecule has 0 atom stereocenters. The van der Waals surface area contributed by atoms with Crippen molar-refractivity contribution in [3.63, 3.8) is 0 Å². The Kier molecular flexibility index (Phi) is 241. The van der Waals surface area contributed by atoms with Crippen LogP contribution in [-0.2, 0) is 51.7 Å². The first kappa shape index (κ1) is 42.7. The molecule has 0 saturated carbocycles. The van der Waals surface area contributed by atoms with Gasteiger partial charge in [-0.15, -0.1) is 0 Å². The van der Waals surface area contributed by atoms with Crippen LogP contribution < -0.4 is 20.8 Å². The predicted molar refractivity (Wildman–Crippen MR) is 38.0 cm³/mol. The number of hydrogen-bond donors (Lipinski definition) is 0. The summed E-state index contributed by atoms with van der Waals surface area (Å²) in [5.74, 6) is 0. The Labute approximate surface area is 184 Å². The Bertz CT molecular complexity index is 97.0. The van der Waals surface area contributed by atoms with Crippen LogP contribution in [0.2, 0.25) is 0 Å². The Morgan fingerprint density at radius 2 is 0.471 bits per heavy atom. The molecular formula is Al5CaO10Y. The molecule has 0 bridgehead atoms. The summed E-state index contributed by atoms with van der Waals surface area (Å²) in [6.45, 7) is 0. The van der Waals surface area contributed by atoms with E-state index in [1.807, 2.05) is 0 Å². The van der Waals surface area contributed by atoms with Gasteiger partial charge in [-0.05, 0) is 0 Å². The molecule has 0 rings (SSSR count). The van der Waals surface area contributed by atoms with Crippen molar-refractivity contribution in [2.45, 2.75) is 0 Å². The van der Waals surface area contributed by atoms with Gasteiger partial charge in [0.05, 0.1) is 0 Å². The van der Waals surface area contributed by atoms with Gasteiger partial charge in [0.15, 0.2) is 0 Å². The molecule has 0 spiro atoms. The van der Waals surface area contributed by atoms with Crippen molar-refractivity contribution in [3.05, 3.63) is 0 Å². The minimum Gasteiger partial charge on any atom is 3.00 e. The van der Waals surface area contributed by atoms with Crippen LogP contribution in [0.5, 0.6) is 0 Å². The summed E-state index contributed by atoms with van der Waals surface area (Å²) >= 11 is -8.75. The maximum atomic E-state index is 8.46. The van der Waals surface area contributed by atoms with E-state index in [1.54, 1.807) is 0 Å². The third-order valence-corrected chi connectivity index (χ3v) is 0.